The van der Waals surface area contributed by atoms with Gasteiger partial charge in [-0.15, -0.1) is 0 Å². The molecule has 4 rings (SSSR count). The maximum Gasteiger partial charge on any atom is 0.227 e. The summed E-state index contributed by atoms with van der Waals surface area (Å²) in [7, 11) is -3.35. The third-order valence-corrected chi connectivity index (χ3v) is 7.07. The fourth-order valence-corrected chi connectivity index (χ4v) is 5.68. The minimum absolute atomic E-state index is 0.0257. The fraction of sp³-hybridized carbons (Fsp3) is 0.381. The van der Waals surface area contributed by atoms with Crippen LogP contribution < -0.4 is 0 Å². The van der Waals surface area contributed by atoms with Crippen LogP contribution in [0.15, 0.2) is 54.6 Å². The maximum absolute atomic E-state index is 13.9. The smallest absolute Gasteiger partial charge is 0.227 e. The summed E-state index contributed by atoms with van der Waals surface area (Å²) in [6.45, 7) is 1.41. The molecule has 2 saturated heterocycles. The zero-order valence-electron chi connectivity index (χ0n) is 15.7. The molecule has 0 N–H and O–H groups in total. The van der Waals surface area contributed by atoms with Crippen LogP contribution >= 0.6 is 0 Å². The van der Waals surface area contributed by atoms with Gasteiger partial charge in [0.1, 0.15) is 5.82 Å². The normalized spacial score (nSPS) is 25.1. The van der Waals surface area contributed by atoms with Gasteiger partial charge in [-0.2, -0.15) is 4.31 Å². The van der Waals surface area contributed by atoms with Crippen molar-refractivity contribution in [3.63, 3.8) is 0 Å². The lowest BCUT2D eigenvalue weighted by Gasteiger charge is -2.28. The first kappa shape index (κ1) is 19.1. The molecule has 7 heteroatoms. The lowest BCUT2D eigenvalue weighted by atomic mass is 9.90. The number of halogens is 1. The minimum atomic E-state index is -3.35. The second kappa shape index (κ2) is 7.29. The van der Waals surface area contributed by atoms with Gasteiger partial charge in [-0.05, 0) is 23.1 Å². The zero-order chi connectivity index (χ0) is 19.9. The number of hydrogen-bond donors (Lipinski definition) is 0. The highest BCUT2D eigenvalue weighted by molar-refractivity contribution is 7.88. The van der Waals surface area contributed by atoms with E-state index in [1.807, 2.05) is 30.3 Å². The Morgan fingerprint density at radius 2 is 1.71 bits per heavy atom. The zero-order valence-corrected chi connectivity index (χ0v) is 16.5. The molecule has 2 heterocycles. The van der Waals surface area contributed by atoms with Gasteiger partial charge in [0.2, 0.25) is 15.9 Å². The van der Waals surface area contributed by atoms with Crippen LogP contribution in [0.5, 0.6) is 0 Å². The topological polar surface area (TPSA) is 57.7 Å². The van der Waals surface area contributed by atoms with E-state index in [0.29, 0.717) is 25.2 Å². The quantitative estimate of drug-likeness (QED) is 0.789. The number of benzene rings is 2. The Hall–Kier alpha value is -2.25. The molecule has 2 fully saturated rings. The van der Waals surface area contributed by atoms with Gasteiger partial charge in [0.05, 0.1) is 18.7 Å². The van der Waals surface area contributed by atoms with E-state index in [1.54, 1.807) is 27.4 Å². The highest BCUT2D eigenvalue weighted by Crippen LogP contribution is 2.46. The van der Waals surface area contributed by atoms with Crippen molar-refractivity contribution in [2.24, 2.45) is 11.8 Å². The Balaban J connectivity index is 1.55. The minimum Gasteiger partial charge on any atom is -0.342 e. The average molecular weight is 402 g/mol. The van der Waals surface area contributed by atoms with E-state index in [0.717, 1.165) is 5.56 Å². The van der Waals surface area contributed by atoms with Crippen molar-refractivity contribution in [1.82, 2.24) is 9.21 Å². The van der Waals surface area contributed by atoms with Gasteiger partial charge >= 0.3 is 0 Å². The first-order chi connectivity index (χ1) is 13.3. The number of hydrogen-bond acceptors (Lipinski definition) is 3. The largest absolute Gasteiger partial charge is 0.342 e. The van der Waals surface area contributed by atoms with E-state index in [4.69, 9.17) is 0 Å². The molecule has 3 atom stereocenters. The van der Waals surface area contributed by atoms with Gasteiger partial charge in [-0.25, -0.2) is 12.8 Å². The van der Waals surface area contributed by atoms with Gasteiger partial charge in [0, 0.05) is 25.6 Å². The summed E-state index contributed by atoms with van der Waals surface area (Å²) in [5.41, 5.74) is 1.34. The van der Waals surface area contributed by atoms with E-state index in [9.17, 15) is 17.6 Å². The Morgan fingerprint density at radius 3 is 2.39 bits per heavy atom. The monoisotopic (exact) mass is 402 g/mol. The molecular formula is C21H23FN2O3S. The summed E-state index contributed by atoms with van der Waals surface area (Å²) < 4.78 is 40.1. The Labute approximate surface area is 164 Å². The first-order valence-electron chi connectivity index (χ1n) is 9.37. The highest BCUT2D eigenvalue weighted by atomic mass is 32.2. The highest BCUT2D eigenvalue weighted by Gasteiger charge is 2.51. The number of amides is 1. The molecule has 148 valence electrons. The van der Waals surface area contributed by atoms with E-state index < -0.39 is 10.0 Å². The van der Waals surface area contributed by atoms with Gasteiger partial charge < -0.3 is 4.90 Å². The summed E-state index contributed by atoms with van der Waals surface area (Å²) in [6.07, 6.45) is 1.27. The molecule has 0 radical (unpaired) electrons. The van der Waals surface area contributed by atoms with Crippen molar-refractivity contribution in [2.45, 2.75) is 12.5 Å². The summed E-state index contributed by atoms with van der Waals surface area (Å²) in [6, 6.07) is 15.6. The maximum atomic E-state index is 13.9. The number of carbonyl (C=O) groups excluding carboxylic acids is 1. The van der Waals surface area contributed by atoms with E-state index in [-0.39, 0.29) is 36.0 Å². The molecular weight excluding hydrogens is 379 g/mol. The van der Waals surface area contributed by atoms with Crippen molar-refractivity contribution in [3.05, 3.63) is 71.5 Å². The second-order valence-electron chi connectivity index (χ2n) is 7.68. The van der Waals surface area contributed by atoms with Crippen molar-refractivity contribution in [1.29, 1.82) is 0 Å². The van der Waals surface area contributed by atoms with Crippen LogP contribution in [0.25, 0.3) is 0 Å². The summed E-state index contributed by atoms with van der Waals surface area (Å²) in [5.74, 6) is -0.357. The number of sulfonamides is 1. The molecule has 0 spiro atoms. The fourth-order valence-electron chi connectivity index (χ4n) is 4.53. The third-order valence-electron chi connectivity index (χ3n) is 5.84. The van der Waals surface area contributed by atoms with Gasteiger partial charge in [-0.1, -0.05) is 48.5 Å². The summed E-state index contributed by atoms with van der Waals surface area (Å²) in [4.78, 5) is 14.5. The lowest BCUT2D eigenvalue weighted by molar-refractivity contribution is -0.129. The molecule has 0 bridgehead atoms. The first-order valence-corrected chi connectivity index (χ1v) is 11.2. The molecule has 2 aromatic carbocycles. The van der Waals surface area contributed by atoms with Crippen LogP contribution in [-0.2, 0) is 21.2 Å². The van der Waals surface area contributed by atoms with Gasteiger partial charge in [0.25, 0.3) is 0 Å². The van der Waals surface area contributed by atoms with Crippen LogP contribution in [0.3, 0.4) is 0 Å². The standard InChI is InChI=1S/C21H23FN2O3S/c1-28(26,27)24-13-17-12-23(20(25)11-16-9-5-6-10-19(16)22)14-18(17)21(24)15-7-3-2-4-8-15/h2-10,17-18,21H,11-14H2,1H3/t17-,18-,21+/m1/s1. The predicted molar refractivity (Wildman–Crippen MR) is 104 cm³/mol. The Morgan fingerprint density at radius 1 is 1.04 bits per heavy atom. The van der Waals surface area contributed by atoms with Crippen molar-refractivity contribution in [2.75, 3.05) is 25.9 Å². The average Bonchev–Trinajstić information content (AvgIpc) is 3.22. The number of fused-ring (bicyclic) bond motifs is 1. The van der Waals surface area contributed by atoms with E-state index in [2.05, 4.69) is 0 Å². The number of rotatable bonds is 4. The van der Waals surface area contributed by atoms with Crippen molar-refractivity contribution < 1.29 is 17.6 Å². The Kier molecular flexibility index (Phi) is 4.97. The summed E-state index contributed by atoms with van der Waals surface area (Å²) >= 11 is 0. The van der Waals surface area contributed by atoms with Crippen LogP contribution in [0, 0.1) is 17.7 Å². The Bertz CT molecular complexity index is 980. The van der Waals surface area contributed by atoms with Crippen LogP contribution in [0.1, 0.15) is 17.2 Å². The lowest BCUT2D eigenvalue weighted by Crippen LogP contribution is -2.37. The number of likely N-dealkylation sites (tertiary alicyclic amines) is 1. The molecule has 5 nitrogen and oxygen atoms in total. The van der Waals surface area contributed by atoms with Crippen LogP contribution in [0.4, 0.5) is 4.39 Å². The summed E-state index contributed by atoms with van der Waals surface area (Å²) in [5, 5.41) is 0. The molecule has 1 amide bonds. The van der Waals surface area contributed by atoms with Gasteiger partial charge in [0.15, 0.2) is 0 Å². The molecule has 0 aliphatic carbocycles. The SMILES string of the molecule is CS(=O)(=O)N1C[C@H]2CN(C(=O)Cc3ccccc3F)C[C@H]2[C@@H]1c1ccccc1. The van der Waals surface area contributed by atoms with Crippen molar-refractivity contribution >= 4 is 15.9 Å². The molecule has 2 aromatic rings. The van der Waals surface area contributed by atoms with Crippen molar-refractivity contribution in [3.8, 4) is 0 Å². The van der Waals surface area contributed by atoms with Crippen LogP contribution in [-0.4, -0.2) is 49.4 Å². The second-order valence-corrected chi connectivity index (χ2v) is 9.61. The van der Waals surface area contributed by atoms with E-state index in [1.165, 1.54) is 12.3 Å². The number of carbonyl (C=O) groups is 1. The van der Waals surface area contributed by atoms with Crippen LogP contribution in [0.2, 0.25) is 0 Å². The molecule has 2 aliphatic heterocycles. The van der Waals surface area contributed by atoms with Gasteiger partial charge in [-0.3, -0.25) is 4.79 Å². The predicted octanol–water partition coefficient (Wildman–Crippen LogP) is 2.46. The third kappa shape index (κ3) is 3.56. The molecule has 0 aromatic heterocycles. The molecule has 0 unspecified atom stereocenters. The molecule has 28 heavy (non-hydrogen) atoms. The number of nitrogens with zero attached hydrogens (tertiary/aromatic N) is 2. The molecule has 0 saturated carbocycles. The van der Waals surface area contributed by atoms with E-state index >= 15 is 0 Å². The molecule has 2 aliphatic rings.